The largest absolute Gasteiger partial charge is 0.377 e. The normalized spacial score (nSPS) is 28.3. The minimum absolute atomic E-state index is 0.189. The quantitative estimate of drug-likeness (QED) is 0.801. The van der Waals surface area contributed by atoms with E-state index >= 15 is 0 Å². The van der Waals surface area contributed by atoms with Crippen LogP contribution >= 0.6 is 0 Å². The lowest BCUT2D eigenvalue weighted by molar-refractivity contribution is -0.149. The van der Waals surface area contributed by atoms with E-state index in [9.17, 15) is 4.79 Å². The molecule has 1 aliphatic carbocycles. The highest BCUT2D eigenvalue weighted by Crippen LogP contribution is 2.42. The Kier molecular flexibility index (Phi) is 5.27. The highest BCUT2D eigenvalue weighted by atomic mass is 16.5. The molecule has 0 radical (unpaired) electrons. The zero-order chi connectivity index (χ0) is 18.0. The summed E-state index contributed by atoms with van der Waals surface area (Å²) in [7, 11) is 1.62. The number of nitrogens with zero attached hydrogens (tertiary/aromatic N) is 4. The first-order valence-corrected chi connectivity index (χ1v) is 10.0. The van der Waals surface area contributed by atoms with Crippen molar-refractivity contribution >= 4 is 5.91 Å². The van der Waals surface area contributed by atoms with Crippen molar-refractivity contribution in [1.82, 2.24) is 19.9 Å². The molecule has 0 aromatic carbocycles. The van der Waals surface area contributed by atoms with Gasteiger partial charge in [0.25, 0.3) is 0 Å². The Morgan fingerprint density at radius 1 is 1.19 bits per heavy atom. The third kappa shape index (κ3) is 3.51. The highest BCUT2D eigenvalue weighted by molar-refractivity contribution is 5.84. The lowest BCUT2D eigenvalue weighted by Gasteiger charge is -2.44. The van der Waals surface area contributed by atoms with Gasteiger partial charge in [0.1, 0.15) is 6.61 Å². The van der Waals surface area contributed by atoms with E-state index in [0.29, 0.717) is 36.8 Å². The van der Waals surface area contributed by atoms with E-state index < -0.39 is 0 Å². The van der Waals surface area contributed by atoms with Crippen LogP contribution in [0.15, 0.2) is 4.52 Å². The van der Waals surface area contributed by atoms with Gasteiger partial charge in [0, 0.05) is 26.2 Å². The van der Waals surface area contributed by atoms with E-state index in [-0.39, 0.29) is 5.41 Å². The van der Waals surface area contributed by atoms with Crippen LogP contribution < -0.4 is 0 Å². The van der Waals surface area contributed by atoms with Crippen molar-refractivity contribution in [3.63, 3.8) is 0 Å². The summed E-state index contributed by atoms with van der Waals surface area (Å²) < 4.78 is 10.4. The Balaban J connectivity index is 1.39. The second-order valence-corrected chi connectivity index (χ2v) is 8.17. The number of piperidine rings is 1. The van der Waals surface area contributed by atoms with Gasteiger partial charge >= 0.3 is 0 Å². The van der Waals surface area contributed by atoms with Crippen LogP contribution in [0.1, 0.15) is 63.1 Å². The predicted octanol–water partition coefficient (Wildman–Crippen LogP) is 2.36. The van der Waals surface area contributed by atoms with Gasteiger partial charge in [-0.3, -0.25) is 9.69 Å². The standard InChI is InChI=1S/C19H30N4O3/c1-25-13-16-20-17(26-21-16)12-22-11-9-19(14-22)8-5-10-23(18(19)24)15-6-3-2-4-7-15/h15H,2-14H2,1H3. The van der Waals surface area contributed by atoms with E-state index in [4.69, 9.17) is 9.26 Å². The van der Waals surface area contributed by atoms with Crippen LogP contribution in [0.25, 0.3) is 0 Å². The van der Waals surface area contributed by atoms with Gasteiger partial charge in [-0.1, -0.05) is 24.4 Å². The number of aromatic nitrogens is 2. The number of rotatable bonds is 5. The number of amides is 1. The number of methoxy groups -OCH3 is 1. The van der Waals surface area contributed by atoms with Crippen molar-refractivity contribution in [2.24, 2.45) is 5.41 Å². The zero-order valence-corrected chi connectivity index (χ0v) is 15.8. The molecule has 1 spiro atoms. The van der Waals surface area contributed by atoms with Crippen LogP contribution in [0.3, 0.4) is 0 Å². The second-order valence-electron chi connectivity index (χ2n) is 8.17. The minimum atomic E-state index is -0.189. The molecule has 0 bridgehead atoms. The van der Waals surface area contributed by atoms with E-state index in [2.05, 4.69) is 19.9 Å². The van der Waals surface area contributed by atoms with Gasteiger partial charge in [-0.05, 0) is 38.6 Å². The Hall–Kier alpha value is -1.47. The average molecular weight is 362 g/mol. The van der Waals surface area contributed by atoms with Gasteiger partial charge in [0.2, 0.25) is 11.8 Å². The number of hydrogen-bond acceptors (Lipinski definition) is 6. The summed E-state index contributed by atoms with van der Waals surface area (Å²) in [5, 5.41) is 3.93. The second kappa shape index (κ2) is 7.64. The minimum Gasteiger partial charge on any atom is -0.377 e. The molecule has 26 heavy (non-hydrogen) atoms. The lowest BCUT2D eigenvalue weighted by atomic mass is 9.77. The monoisotopic (exact) mass is 362 g/mol. The van der Waals surface area contributed by atoms with Crippen molar-refractivity contribution in [3.8, 4) is 0 Å². The molecule has 3 aliphatic rings. The Morgan fingerprint density at radius 3 is 2.85 bits per heavy atom. The molecule has 4 rings (SSSR count). The first kappa shape index (κ1) is 17.9. The molecule has 7 nitrogen and oxygen atoms in total. The van der Waals surface area contributed by atoms with Crippen molar-refractivity contribution in [1.29, 1.82) is 0 Å². The molecular weight excluding hydrogens is 332 g/mol. The fraction of sp³-hybridized carbons (Fsp3) is 0.842. The molecule has 1 saturated carbocycles. The van der Waals surface area contributed by atoms with Crippen molar-refractivity contribution in [3.05, 3.63) is 11.7 Å². The smallest absolute Gasteiger partial charge is 0.240 e. The highest BCUT2D eigenvalue weighted by Gasteiger charge is 2.49. The summed E-state index contributed by atoms with van der Waals surface area (Å²) >= 11 is 0. The molecule has 1 amide bonds. The summed E-state index contributed by atoms with van der Waals surface area (Å²) in [5.41, 5.74) is -0.189. The van der Waals surface area contributed by atoms with Crippen LogP contribution in [0, 0.1) is 5.41 Å². The number of likely N-dealkylation sites (tertiary alicyclic amines) is 2. The maximum absolute atomic E-state index is 13.4. The number of hydrogen-bond donors (Lipinski definition) is 0. The van der Waals surface area contributed by atoms with Gasteiger partial charge in [0.05, 0.1) is 12.0 Å². The fourth-order valence-corrected chi connectivity index (χ4v) is 5.05. The molecule has 3 fully saturated rings. The molecule has 3 heterocycles. The summed E-state index contributed by atoms with van der Waals surface area (Å²) in [6, 6.07) is 0.481. The summed E-state index contributed by atoms with van der Waals surface area (Å²) in [4.78, 5) is 22.3. The number of carbonyl (C=O) groups excluding carboxylic acids is 1. The van der Waals surface area contributed by atoms with Crippen LogP contribution in [0.5, 0.6) is 0 Å². The fourth-order valence-electron chi connectivity index (χ4n) is 5.05. The molecule has 144 valence electrons. The topological polar surface area (TPSA) is 71.7 Å². The first-order valence-electron chi connectivity index (χ1n) is 10.0. The molecule has 1 unspecified atom stereocenters. The summed E-state index contributed by atoms with van der Waals surface area (Å²) in [6.07, 6.45) is 9.36. The Morgan fingerprint density at radius 2 is 2.04 bits per heavy atom. The lowest BCUT2D eigenvalue weighted by Crippen LogP contribution is -2.54. The Labute approximate surface area is 155 Å². The van der Waals surface area contributed by atoms with Crippen LogP contribution in [0.4, 0.5) is 0 Å². The van der Waals surface area contributed by atoms with Gasteiger partial charge in [0.15, 0.2) is 5.82 Å². The van der Waals surface area contributed by atoms with E-state index in [1.165, 1.54) is 32.1 Å². The van der Waals surface area contributed by atoms with Gasteiger partial charge in [-0.25, -0.2) is 0 Å². The Bertz CT molecular complexity index is 628. The van der Waals surface area contributed by atoms with E-state index in [1.54, 1.807) is 7.11 Å². The van der Waals surface area contributed by atoms with Crippen molar-refractivity contribution < 1.29 is 14.1 Å². The van der Waals surface area contributed by atoms with Gasteiger partial charge in [-0.15, -0.1) is 0 Å². The van der Waals surface area contributed by atoms with Gasteiger partial charge in [-0.2, -0.15) is 4.98 Å². The van der Waals surface area contributed by atoms with E-state index in [0.717, 1.165) is 38.9 Å². The maximum Gasteiger partial charge on any atom is 0.240 e. The predicted molar refractivity (Wildman–Crippen MR) is 95.2 cm³/mol. The molecule has 2 saturated heterocycles. The molecule has 1 atom stereocenters. The third-order valence-electron chi connectivity index (χ3n) is 6.36. The number of ether oxygens (including phenoxy) is 1. The van der Waals surface area contributed by atoms with Crippen LogP contribution in [0.2, 0.25) is 0 Å². The number of carbonyl (C=O) groups is 1. The molecule has 1 aromatic rings. The summed E-state index contributed by atoms with van der Waals surface area (Å²) in [6.45, 7) is 3.68. The molecule has 1 aromatic heterocycles. The average Bonchev–Trinajstić information content (AvgIpc) is 3.27. The van der Waals surface area contributed by atoms with Crippen LogP contribution in [-0.2, 0) is 22.7 Å². The molecule has 2 aliphatic heterocycles. The zero-order valence-electron chi connectivity index (χ0n) is 15.8. The maximum atomic E-state index is 13.4. The van der Waals surface area contributed by atoms with Crippen LogP contribution in [-0.4, -0.2) is 58.6 Å². The SMILES string of the molecule is COCc1noc(CN2CCC3(CCCN(C4CCCCC4)C3=O)C2)n1. The molecular formula is C19H30N4O3. The third-order valence-corrected chi connectivity index (χ3v) is 6.36. The van der Waals surface area contributed by atoms with Gasteiger partial charge < -0.3 is 14.2 Å². The van der Waals surface area contributed by atoms with E-state index in [1.807, 2.05) is 0 Å². The first-order chi connectivity index (χ1) is 12.7. The van der Waals surface area contributed by atoms with Crippen molar-refractivity contribution in [2.75, 3.05) is 26.7 Å². The molecule has 7 heteroatoms. The summed E-state index contributed by atoms with van der Waals surface area (Å²) in [5.74, 6) is 1.60. The molecule has 0 N–H and O–H groups in total. The van der Waals surface area contributed by atoms with Crippen molar-refractivity contribution in [2.45, 2.75) is 70.6 Å².